The highest BCUT2D eigenvalue weighted by Gasteiger charge is 2.19. The van der Waals surface area contributed by atoms with Gasteiger partial charge in [-0.2, -0.15) is 0 Å². The molecule has 0 aromatic rings. The molecule has 0 bridgehead atoms. The molecule has 1 atom stereocenters. The van der Waals surface area contributed by atoms with Crippen molar-refractivity contribution in [3.63, 3.8) is 0 Å². The average Bonchev–Trinajstić information content (AvgIpc) is 3.35. The molecule has 0 aromatic carbocycles. The maximum atomic E-state index is 12.9. The maximum Gasteiger partial charge on any atom is 0.306 e. The first-order valence-corrected chi connectivity index (χ1v) is 31.5. The second-order valence-electron chi connectivity index (χ2n) is 21.7. The minimum atomic E-state index is -0.762. The molecule has 0 N–H and O–H groups in total. The van der Waals surface area contributed by atoms with Crippen LogP contribution < -0.4 is 0 Å². The summed E-state index contributed by atoms with van der Waals surface area (Å²) >= 11 is 0. The molecule has 0 aliphatic carbocycles. The summed E-state index contributed by atoms with van der Waals surface area (Å²) in [5.41, 5.74) is 0. The monoisotopic (exact) mass is 975 g/mol. The average molecular weight is 976 g/mol. The van der Waals surface area contributed by atoms with E-state index < -0.39 is 6.10 Å². The van der Waals surface area contributed by atoms with Gasteiger partial charge in [0.1, 0.15) is 13.2 Å². The minimum Gasteiger partial charge on any atom is -0.462 e. The lowest BCUT2D eigenvalue weighted by Gasteiger charge is -2.18. The fraction of sp³-hybridized carbons (Fsp3) is 0.952. The van der Waals surface area contributed by atoms with Gasteiger partial charge in [-0.25, -0.2) is 0 Å². The third-order valence-corrected chi connectivity index (χ3v) is 14.6. The molecule has 0 aliphatic heterocycles. The molecule has 0 fully saturated rings. The lowest BCUT2D eigenvalue weighted by molar-refractivity contribution is -0.167. The van der Waals surface area contributed by atoms with Crippen molar-refractivity contribution in [2.45, 2.75) is 374 Å². The molecule has 0 heterocycles. The van der Waals surface area contributed by atoms with E-state index in [4.69, 9.17) is 14.2 Å². The molecule has 0 radical (unpaired) electrons. The molecule has 0 rings (SSSR count). The Kier molecular flexibility index (Phi) is 57.6. The van der Waals surface area contributed by atoms with E-state index in [0.29, 0.717) is 19.3 Å². The summed E-state index contributed by atoms with van der Waals surface area (Å²) in [6, 6.07) is 0. The van der Waals surface area contributed by atoms with E-state index in [0.717, 1.165) is 57.8 Å². The van der Waals surface area contributed by atoms with Crippen molar-refractivity contribution in [1.29, 1.82) is 0 Å². The summed E-state index contributed by atoms with van der Waals surface area (Å²) in [7, 11) is 0. The standard InChI is InChI=1S/C63H122O6/c1-4-7-10-13-16-19-22-25-28-30-31-33-36-39-42-45-48-51-54-57-63(66)69-60(58-67-61(64)55-52-49-46-43-40-37-34-27-24-21-18-15-12-9-6-3)59-68-62(65)56-53-50-47-44-41-38-35-32-29-26-23-20-17-14-11-8-5-2/h60H,4-59H2,1-3H3/t60-/m0/s1. The van der Waals surface area contributed by atoms with Crippen LogP contribution in [0.1, 0.15) is 367 Å². The van der Waals surface area contributed by atoms with Crippen molar-refractivity contribution < 1.29 is 28.6 Å². The van der Waals surface area contributed by atoms with E-state index in [1.54, 1.807) is 0 Å². The molecule has 0 aromatic heterocycles. The highest BCUT2D eigenvalue weighted by atomic mass is 16.6. The minimum absolute atomic E-state index is 0.0606. The van der Waals surface area contributed by atoms with E-state index in [1.165, 1.54) is 270 Å². The van der Waals surface area contributed by atoms with Gasteiger partial charge in [-0.15, -0.1) is 0 Å². The molecule has 410 valence electrons. The van der Waals surface area contributed by atoms with Crippen molar-refractivity contribution in [2.24, 2.45) is 0 Å². The first-order valence-electron chi connectivity index (χ1n) is 31.5. The Balaban J connectivity index is 4.28. The Morgan fingerprint density at radius 1 is 0.232 bits per heavy atom. The van der Waals surface area contributed by atoms with Gasteiger partial charge in [-0.3, -0.25) is 14.4 Å². The van der Waals surface area contributed by atoms with Gasteiger partial charge >= 0.3 is 17.9 Å². The van der Waals surface area contributed by atoms with E-state index in [2.05, 4.69) is 20.8 Å². The normalized spacial score (nSPS) is 11.9. The number of rotatable bonds is 59. The summed E-state index contributed by atoms with van der Waals surface area (Å²) in [6.07, 6.45) is 66.7. The Morgan fingerprint density at radius 2 is 0.391 bits per heavy atom. The first kappa shape index (κ1) is 67.4. The summed E-state index contributed by atoms with van der Waals surface area (Å²) in [6.45, 7) is 6.73. The second-order valence-corrected chi connectivity index (χ2v) is 21.7. The molecule has 0 saturated heterocycles. The smallest absolute Gasteiger partial charge is 0.306 e. The molecule has 0 unspecified atom stereocenters. The number of hydrogen-bond acceptors (Lipinski definition) is 6. The quantitative estimate of drug-likeness (QED) is 0.0343. The molecule has 6 nitrogen and oxygen atoms in total. The lowest BCUT2D eigenvalue weighted by atomic mass is 10.0. The molecular weight excluding hydrogens is 853 g/mol. The summed E-state index contributed by atoms with van der Waals surface area (Å²) in [5.74, 6) is -0.825. The number of hydrogen-bond donors (Lipinski definition) is 0. The molecule has 0 saturated carbocycles. The van der Waals surface area contributed by atoms with Crippen LogP contribution in [0.3, 0.4) is 0 Å². The molecule has 0 spiro atoms. The fourth-order valence-electron chi connectivity index (χ4n) is 9.86. The highest BCUT2D eigenvalue weighted by molar-refractivity contribution is 5.71. The number of esters is 3. The van der Waals surface area contributed by atoms with Crippen LogP contribution in [0.2, 0.25) is 0 Å². The zero-order valence-corrected chi connectivity index (χ0v) is 47.1. The topological polar surface area (TPSA) is 78.9 Å². The Hall–Kier alpha value is -1.59. The molecule has 0 aliphatic rings. The van der Waals surface area contributed by atoms with Gasteiger partial charge < -0.3 is 14.2 Å². The molecule has 6 heteroatoms. The van der Waals surface area contributed by atoms with Crippen LogP contribution in [0.15, 0.2) is 0 Å². The van der Waals surface area contributed by atoms with Gasteiger partial charge in [0.15, 0.2) is 6.10 Å². The predicted octanol–water partition coefficient (Wildman–Crippen LogP) is 21.1. The number of ether oxygens (including phenoxy) is 3. The van der Waals surface area contributed by atoms with Gasteiger partial charge in [0.2, 0.25) is 0 Å². The number of carbonyl (C=O) groups is 3. The van der Waals surface area contributed by atoms with Crippen LogP contribution >= 0.6 is 0 Å². The van der Waals surface area contributed by atoms with Crippen LogP contribution in [0.4, 0.5) is 0 Å². The Morgan fingerprint density at radius 3 is 0.580 bits per heavy atom. The van der Waals surface area contributed by atoms with Crippen molar-refractivity contribution in [2.75, 3.05) is 13.2 Å². The van der Waals surface area contributed by atoms with Gasteiger partial charge in [0, 0.05) is 19.3 Å². The van der Waals surface area contributed by atoms with Crippen molar-refractivity contribution >= 4 is 17.9 Å². The van der Waals surface area contributed by atoms with Gasteiger partial charge in [-0.05, 0) is 19.3 Å². The van der Waals surface area contributed by atoms with Crippen molar-refractivity contribution in [1.82, 2.24) is 0 Å². The Labute approximate surface area is 431 Å². The van der Waals surface area contributed by atoms with E-state index in [9.17, 15) is 14.4 Å². The van der Waals surface area contributed by atoms with Crippen molar-refractivity contribution in [3.05, 3.63) is 0 Å². The molecular formula is C63H122O6. The summed E-state index contributed by atoms with van der Waals surface area (Å²) < 4.78 is 16.9. The van der Waals surface area contributed by atoms with Crippen LogP contribution in [-0.2, 0) is 28.6 Å². The highest BCUT2D eigenvalue weighted by Crippen LogP contribution is 2.18. The zero-order chi connectivity index (χ0) is 50.0. The second kappa shape index (κ2) is 59.0. The molecule has 69 heavy (non-hydrogen) atoms. The van der Waals surface area contributed by atoms with Crippen LogP contribution in [0.5, 0.6) is 0 Å². The van der Waals surface area contributed by atoms with Crippen LogP contribution in [-0.4, -0.2) is 37.2 Å². The van der Waals surface area contributed by atoms with Crippen LogP contribution in [0.25, 0.3) is 0 Å². The largest absolute Gasteiger partial charge is 0.462 e. The first-order chi connectivity index (χ1) is 34.0. The summed E-state index contributed by atoms with van der Waals surface area (Å²) in [4.78, 5) is 38.3. The SMILES string of the molecule is CCCCCCCCCCCCCCCCCCCCCC(=O)O[C@@H](COC(=O)CCCCCCCCCCCCCCCCC)COC(=O)CCCCCCCCCCCCCCCCCCC. The van der Waals surface area contributed by atoms with Crippen molar-refractivity contribution in [3.8, 4) is 0 Å². The lowest BCUT2D eigenvalue weighted by Crippen LogP contribution is -2.30. The predicted molar refractivity (Wildman–Crippen MR) is 298 cm³/mol. The van der Waals surface area contributed by atoms with Crippen LogP contribution in [0, 0.1) is 0 Å². The number of carbonyl (C=O) groups excluding carboxylic acids is 3. The summed E-state index contributed by atoms with van der Waals surface area (Å²) in [5, 5.41) is 0. The third-order valence-electron chi connectivity index (χ3n) is 14.6. The third kappa shape index (κ3) is 57.2. The van der Waals surface area contributed by atoms with E-state index in [1.807, 2.05) is 0 Å². The van der Waals surface area contributed by atoms with E-state index >= 15 is 0 Å². The molecule has 0 amide bonds. The maximum absolute atomic E-state index is 12.9. The zero-order valence-electron chi connectivity index (χ0n) is 47.1. The van der Waals surface area contributed by atoms with E-state index in [-0.39, 0.29) is 31.1 Å². The number of unbranched alkanes of at least 4 members (excludes halogenated alkanes) is 48. The Bertz CT molecular complexity index is 1030. The fourth-order valence-corrected chi connectivity index (χ4v) is 9.86. The van der Waals surface area contributed by atoms with Gasteiger partial charge in [0.05, 0.1) is 0 Å². The van der Waals surface area contributed by atoms with Gasteiger partial charge in [0.25, 0.3) is 0 Å². The van der Waals surface area contributed by atoms with Gasteiger partial charge in [-0.1, -0.05) is 329 Å².